The van der Waals surface area contributed by atoms with Gasteiger partial charge in [0.25, 0.3) is 0 Å². The lowest BCUT2D eigenvalue weighted by molar-refractivity contribution is 0.281. The Kier molecular flexibility index (Phi) is 6.05. The maximum atomic E-state index is 12.5. The molecule has 21 heavy (non-hydrogen) atoms. The van der Waals surface area contributed by atoms with Crippen LogP contribution < -0.4 is 4.72 Å². The van der Waals surface area contributed by atoms with Crippen LogP contribution in [0.3, 0.4) is 0 Å². The zero-order valence-corrected chi connectivity index (χ0v) is 13.6. The van der Waals surface area contributed by atoms with Crippen molar-refractivity contribution >= 4 is 21.6 Å². The van der Waals surface area contributed by atoms with Crippen molar-refractivity contribution in [1.82, 2.24) is 4.72 Å². The predicted octanol–water partition coefficient (Wildman–Crippen LogP) is 3.22. The average Bonchev–Trinajstić information content (AvgIpc) is 2.42. The molecule has 0 radical (unpaired) electrons. The number of hydrogen-bond donors (Lipinski definition) is 2. The topological polar surface area (TPSA) is 66.4 Å². The molecule has 2 N–H and O–H groups in total. The third-order valence-electron chi connectivity index (χ3n) is 3.89. The number of aliphatic hydroxyl groups is 1. The summed E-state index contributed by atoms with van der Waals surface area (Å²) in [7, 11) is -3.64. The van der Waals surface area contributed by atoms with Crippen LogP contribution in [0.25, 0.3) is 0 Å². The van der Waals surface area contributed by atoms with E-state index in [4.69, 9.17) is 16.7 Å². The molecule has 0 unspecified atom stereocenters. The molecule has 0 atom stereocenters. The van der Waals surface area contributed by atoms with Crippen LogP contribution in [0.2, 0.25) is 5.02 Å². The second-order valence-electron chi connectivity index (χ2n) is 5.59. The number of benzene rings is 1. The van der Waals surface area contributed by atoms with Crippen LogP contribution in [-0.4, -0.2) is 19.6 Å². The number of rotatable bonds is 4. The highest BCUT2D eigenvalue weighted by atomic mass is 35.5. The molecule has 0 bridgehead atoms. The summed E-state index contributed by atoms with van der Waals surface area (Å²) in [4.78, 5) is 0.0535. The summed E-state index contributed by atoms with van der Waals surface area (Å²) in [6.07, 6.45) is 7.42. The Morgan fingerprint density at radius 1 is 1.14 bits per heavy atom. The van der Waals surface area contributed by atoms with E-state index in [0.717, 1.165) is 25.7 Å². The molecule has 0 spiro atoms. The lowest BCUT2D eigenvalue weighted by atomic mass is 9.97. The van der Waals surface area contributed by atoms with Gasteiger partial charge in [-0.25, -0.2) is 13.1 Å². The van der Waals surface area contributed by atoms with Crippen molar-refractivity contribution in [2.75, 3.05) is 0 Å². The minimum atomic E-state index is -3.64. The van der Waals surface area contributed by atoms with Gasteiger partial charge in [0, 0.05) is 6.04 Å². The average molecular weight is 332 g/mol. The summed E-state index contributed by atoms with van der Waals surface area (Å²) in [5.41, 5.74) is 0.539. The molecule has 118 valence electrons. The van der Waals surface area contributed by atoms with Gasteiger partial charge < -0.3 is 5.11 Å². The first-order chi connectivity index (χ1) is 10.0. The van der Waals surface area contributed by atoms with E-state index in [0.29, 0.717) is 5.56 Å². The van der Waals surface area contributed by atoms with E-state index >= 15 is 0 Å². The summed E-state index contributed by atoms with van der Waals surface area (Å²) in [6, 6.07) is 4.55. The highest BCUT2D eigenvalue weighted by molar-refractivity contribution is 7.89. The zero-order chi connectivity index (χ0) is 15.3. The first kappa shape index (κ1) is 16.7. The van der Waals surface area contributed by atoms with Crippen molar-refractivity contribution in [3.63, 3.8) is 0 Å². The fraction of sp³-hybridized carbons (Fsp3) is 0.600. The Morgan fingerprint density at radius 3 is 2.38 bits per heavy atom. The molecule has 1 aromatic carbocycles. The summed E-state index contributed by atoms with van der Waals surface area (Å²) < 4.78 is 27.8. The summed E-state index contributed by atoms with van der Waals surface area (Å²) in [5, 5.41) is 9.34. The molecule has 1 fully saturated rings. The van der Waals surface area contributed by atoms with E-state index in [2.05, 4.69) is 4.72 Å². The van der Waals surface area contributed by atoms with Crippen molar-refractivity contribution in [1.29, 1.82) is 0 Å². The monoisotopic (exact) mass is 331 g/mol. The largest absolute Gasteiger partial charge is 0.392 e. The van der Waals surface area contributed by atoms with Crippen LogP contribution in [0.1, 0.15) is 50.5 Å². The van der Waals surface area contributed by atoms with E-state index in [-0.39, 0.29) is 22.6 Å². The first-order valence-corrected chi connectivity index (χ1v) is 9.30. The van der Waals surface area contributed by atoms with Crippen LogP contribution >= 0.6 is 11.6 Å². The zero-order valence-electron chi connectivity index (χ0n) is 12.0. The fourth-order valence-electron chi connectivity index (χ4n) is 2.71. The van der Waals surface area contributed by atoms with Crippen LogP contribution in [0.4, 0.5) is 0 Å². The predicted molar refractivity (Wildman–Crippen MR) is 83.8 cm³/mol. The third kappa shape index (κ3) is 4.68. The van der Waals surface area contributed by atoms with E-state index in [9.17, 15) is 8.42 Å². The molecule has 0 saturated heterocycles. The quantitative estimate of drug-likeness (QED) is 0.890. The fourth-order valence-corrected chi connectivity index (χ4v) is 4.56. The molecule has 0 amide bonds. The van der Waals surface area contributed by atoms with E-state index in [1.807, 2.05) is 0 Å². The highest BCUT2D eigenvalue weighted by Crippen LogP contribution is 2.25. The van der Waals surface area contributed by atoms with Crippen molar-refractivity contribution in [2.45, 2.75) is 62.5 Å². The minimum absolute atomic E-state index is 0.0239. The van der Waals surface area contributed by atoms with Crippen molar-refractivity contribution in [3.05, 3.63) is 28.8 Å². The Hall–Kier alpha value is -0.620. The number of aliphatic hydroxyl groups excluding tert-OH is 1. The summed E-state index contributed by atoms with van der Waals surface area (Å²) in [6.45, 7) is -0.205. The number of halogens is 1. The van der Waals surface area contributed by atoms with Crippen LogP contribution in [0.15, 0.2) is 23.1 Å². The third-order valence-corrected chi connectivity index (χ3v) is 5.90. The van der Waals surface area contributed by atoms with Gasteiger partial charge in [-0.15, -0.1) is 0 Å². The van der Waals surface area contributed by atoms with Gasteiger partial charge in [-0.3, -0.25) is 0 Å². The molecule has 0 heterocycles. The molecule has 2 rings (SSSR count). The number of nitrogens with one attached hydrogen (secondary N) is 1. The van der Waals surface area contributed by atoms with Gasteiger partial charge in [0.1, 0.15) is 4.90 Å². The Morgan fingerprint density at radius 2 is 1.76 bits per heavy atom. The van der Waals surface area contributed by atoms with Crippen LogP contribution in [0, 0.1) is 0 Å². The van der Waals surface area contributed by atoms with E-state index in [1.54, 1.807) is 6.07 Å². The second kappa shape index (κ2) is 7.58. The van der Waals surface area contributed by atoms with Crippen molar-refractivity contribution < 1.29 is 13.5 Å². The molecule has 6 heteroatoms. The highest BCUT2D eigenvalue weighted by Gasteiger charge is 2.23. The van der Waals surface area contributed by atoms with Gasteiger partial charge in [0.15, 0.2) is 0 Å². The second-order valence-corrected chi connectivity index (χ2v) is 7.68. The van der Waals surface area contributed by atoms with Crippen molar-refractivity contribution in [2.24, 2.45) is 0 Å². The maximum Gasteiger partial charge on any atom is 0.242 e. The number of hydrogen-bond acceptors (Lipinski definition) is 3. The van der Waals surface area contributed by atoms with Gasteiger partial charge in [0.2, 0.25) is 10.0 Å². The van der Waals surface area contributed by atoms with E-state index < -0.39 is 10.0 Å². The van der Waals surface area contributed by atoms with Gasteiger partial charge in [-0.1, -0.05) is 49.8 Å². The molecule has 1 aliphatic rings. The molecular weight excluding hydrogens is 310 g/mol. The molecule has 1 saturated carbocycles. The lowest BCUT2D eigenvalue weighted by Gasteiger charge is -2.21. The van der Waals surface area contributed by atoms with Gasteiger partial charge >= 0.3 is 0 Å². The Balaban J connectivity index is 2.17. The SMILES string of the molecule is O=S(=O)(NC1CCCCCCC1)c1cc(CO)ccc1Cl. The van der Waals surface area contributed by atoms with Gasteiger partial charge in [-0.05, 0) is 30.5 Å². The first-order valence-electron chi connectivity index (χ1n) is 7.44. The van der Waals surface area contributed by atoms with Gasteiger partial charge in [0.05, 0.1) is 11.6 Å². The molecule has 0 aliphatic heterocycles. The smallest absolute Gasteiger partial charge is 0.242 e. The molecule has 0 aromatic heterocycles. The van der Waals surface area contributed by atoms with Gasteiger partial charge in [-0.2, -0.15) is 0 Å². The Bertz CT molecular complexity index is 566. The standard InChI is InChI=1S/C15H22ClNO3S/c16-14-9-8-12(11-18)10-15(14)21(19,20)17-13-6-4-2-1-3-5-7-13/h8-10,13,17-18H,1-7,11H2. The number of sulfonamides is 1. The van der Waals surface area contributed by atoms with Crippen LogP contribution in [-0.2, 0) is 16.6 Å². The maximum absolute atomic E-state index is 12.5. The molecule has 1 aliphatic carbocycles. The lowest BCUT2D eigenvalue weighted by Crippen LogP contribution is -2.35. The molecule has 1 aromatic rings. The molecular formula is C15H22ClNO3S. The Labute approximate surface area is 131 Å². The van der Waals surface area contributed by atoms with E-state index in [1.165, 1.54) is 31.4 Å². The summed E-state index contributed by atoms with van der Waals surface area (Å²) in [5.74, 6) is 0. The van der Waals surface area contributed by atoms with Crippen LogP contribution in [0.5, 0.6) is 0 Å². The summed E-state index contributed by atoms with van der Waals surface area (Å²) >= 11 is 6.01. The normalized spacial score (nSPS) is 18.2. The molecule has 4 nitrogen and oxygen atoms in total. The minimum Gasteiger partial charge on any atom is -0.392 e. The van der Waals surface area contributed by atoms with Crippen molar-refractivity contribution in [3.8, 4) is 0 Å².